The Morgan fingerprint density at radius 3 is 2.46 bits per heavy atom. The fourth-order valence-electron chi connectivity index (χ4n) is 2.33. The highest BCUT2D eigenvalue weighted by molar-refractivity contribution is 7.80. The van der Waals surface area contributed by atoms with Gasteiger partial charge in [0.25, 0.3) is 5.91 Å². The molecule has 0 saturated heterocycles. The summed E-state index contributed by atoms with van der Waals surface area (Å²) in [7, 11) is 0. The Kier molecular flexibility index (Phi) is 8.49. The number of hydrogen-bond donors (Lipinski definition) is 2. The van der Waals surface area contributed by atoms with Crippen LogP contribution in [0.3, 0.4) is 0 Å². The van der Waals surface area contributed by atoms with Crippen LogP contribution in [0.25, 0.3) is 0 Å². The first-order valence-corrected chi connectivity index (χ1v) is 9.62. The third-order valence-electron chi connectivity index (χ3n) is 3.72. The molecular weight excluding hydrogens is 372 g/mol. The van der Waals surface area contributed by atoms with Crippen LogP contribution < -0.4 is 20.1 Å². The lowest BCUT2D eigenvalue weighted by Crippen LogP contribution is -2.34. The Morgan fingerprint density at radius 2 is 1.75 bits per heavy atom. The van der Waals surface area contributed by atoms with Crippen LogP contribution in [-0.4, -0.2) is 24.2 Å². The number of hydrogen-bond acceptors (Lipinski definition) is 4. The first-order valence-electron chi connectivity index (χ1n) is 9.21. The fraction of sp³-hybridized carbons (Fsp3) is 0.273. The number of para-hydroxylation sites is 3. The molecule has 0 fully saturated rings. The number of unbranched alkanes of at least 4 members (excludes halogenated alkanes) is 1. The van der Waals surface area contributed by atoms with Crippen LogP contribution in [0.15, 0.2) is 60.7 Å². The zero-order valence-corrected chi connectivity index (χ0v) is 17.1. The van der Waals surface area contributed by atoms with Crippen molar-refractivity contribution in [2.75, 3.05) is 18.5 Å². The van der Waals surface area contributed by atoms with Crippen LogP contribution in [0.1, 0.15) is 37.0 Å². The van der Waals surface area contributed by atoms with E-state index in [1.54, 1.807) is 18.2 Å². The van der Waals surface area contributed by atoms with Gasteiger partial charge in [-0.3, -0.25) is 10.1 Å². The van der Waals surface area contributed by atoms with Crippen LogP contribution in [0, 0.1) is 0 Å². The molecule has 0 unspecified atom stereocenters. The van der Waals surface area contributed by atoms with Gasteiger partial charge >= 0.3 is 0 Å². The van der Waals surface area contributed by atoms with Crippen LogP contribution in [-0.2, 0) is 0 Å². The minimum absolute atomic E-state index is 0.180. The molecule has 2 aromatic carbocycles. The molecule has 2 aromatic rings. The average molecular weight is 399 g/mol. The van der Waals surface area contributed by atoms with Crippen LogP contribution in [0.4, 0.5) is 5.69 Å². The van der Waals surface area contributed by atoms with Gasteiger partial charge in [-0.25, -0.2) is 0 Å². The second-order valence-electron chi connectivity index (χ2n) is 6.35. The largest absolute Gasteiger partial charge is 0.493 e. The average Bonchev–Trinajstić information content (AvgIpc) is 2.67. The minimum Gasteiger partial charge on any atom is -0.493 e. The summed E-state index contributed by atoms with van der Waals surface area (Å²) >= 11 is 5.30. The number of amides is 1. The summed E-state index contributed by atoms with van der Waals surface area (Å²) in [5.74, 6) is 0.844. The second-order valence-corrected chi connectivity index (χ2v) is 6.76. The van der Waals surface area contributed by atoms with E-state index in [1.165, 1.54) is 0 Å². The van der Waals surface area contributed by atoms with Crippen molar-refractivity contribution in [3.05, 3.63) is 66.2 Å². The molecule has 0 radical (unpaired) electrons. The van der Waals surface area contributed by atoms with E-state index < -0.39 is 0 Å². The van der Waals surface area contributed by atoms with Gasteiger partial charge in [0.1, 0.15) is 18.1 Å². The Balaban J connectivity index is 2.02. The first-order chi connectivity index (χ1) is 13.5. The summed E-state index contributed by atoms with van der Waals surface area (Å²) in [6.45, 7) is 8.78. The van der Waals surface area contributed by atoms with Crippen LogP contribution in [0.5, 0.6) is 11.5 Å². The predicted molar refractivity (Wildman–Crippen MR) is 117 cm³/mol. The molecule has 0 aliphatic heterocycles. The summed E-state index contributed by atoms with van der Waals surface area (Å²) < 4.78 is 11.4. The second kappa shape index (κ2) is 11.1. The number of nitrogens with one attached hydrogen (secondary N) is 2. The SMILES string of the molecule is C=C(C)COc1ccccc1NC(=S)NC(=O)c1ccccc1OCCCC. The number of carbonyl (C=O) groups is 1. The molecule has 0 aliphatic rings. The van der Waals surface area contributed by atoms with Gasteiger partial charge < -0.3 is 14.8 Å². The van der Waals surface area contributed by atoms with Crippen molar-refractivity contribution in [2.45, 2.75) is 26.7 Å². The van der Waals surface area contributed by atoms with Crippen molar-refractivity contribution >= 4 is 28.9 Å². The van der Waals surface area contributed by atoms with Crippen molar-refractivity contribution < 1.29 is 14.3 Å². The van der Waals surface area contributed by atoms with Crippen molar-refractivity contribution in [1.82, 2.24) is 5.32 Å². The Hall–Kier alpha value is -2.86. The summed E-state index contributed by atoms with van der Waals surface area (Å²) in [5.41, 5.74) is 2.02. The summed E-state index contributed by atoms with van der Waals surface area (Å²) in [4.78, 5) is 12.6. The number of thiocarbonyl (C=S) groups is 1. The Labute approximate surface area is 171 Å². The molecule has 1 amide bonds. The minimum atomic E-state index is -0.329. The van der Waals surface area contributed by atoms with Gasteiger partial charge in [0.05, 0.1) is 17.9 Å². The maximum atomic E-state index is 12.6. The van der Waals surface area contributed by atoms with Crippen molar-refractivity contribution in [3.8, 4) is 11.5 Å². The fourth-order valence-corrected chi connectivity index (χ4v) is 2.53. The van der Waals surface area contributed by atoms with Gasteiger partial charge in [-0.05, 0) is 55.4 Å². The van der Waals surface area contributed by atoms with Gasteiger partial charge in [0, 0.05) is 0 Å². The van der Waals surface area contributed by atoms with Gasteiger partial charge in [-0.2, -0.15) is 0 Å². The van der Waals surface area contributed by atoms with Gasteiger partial charge in [0.15, 0.2) is 5.11 Å². The maximum absolute atomic E-state index is 12.6. The van der Waals surface area contributed by atoms with Crippen molar-refractivity contribution in [1.29, 1.82) is 0 Å². The molecule has 0 aliphatic carbocycles. The monoisotopic (exact) mass is 398 g/mol. The molecule has 0 aromatic heterocycles. The molecule has 6 heteroatoms. The number of ether oxygens (including phenoxy) is 2. The van der Waals surface area contributed by atoms with Crippen LogP contribution >= 0.6 is 12.2 Å². The van der Waals surface area contributed by atoms with E-state index in [1.807, 2.05) is 37.3 Å². The zero-order chi connectivity index (χ0) is 20.4. The summed E-state index contributed by atoms with van der Waals surface area (Å²) in [6, 6.07) is 14.5. The quantitative estimate of drug-likeness (QED) is 0.356. The van der Waals surface area contributed by atoms with Crippen molar-refractivity contribution in [2.24, 2.45) is 0 Å². The number of benzene rings is 2. The van der Waals surface area contributed by atoms with E-state index in [0.29, 0.717) is 36.0 Å². The predicted octanol–water partition coefficient (Wildman–Crippen LogP) is 4.95. The highest BCUT2D eigenvalue weighted by atomic mass is 32.1. The standard InChI is InChI=1S/C22H26N2O3S/c1-4-5-14-26-19-12-8-6-10-17(19)21(25)24-22(28)23-18-11-7-9-13-20(18)27-15-16(2)3/h6-13H,2,4-5,14-15H2,1,3H3,(H2,23,24,25,28). The highest BCUT2D eigenvalue weighted by Gasteiger charge is 2.14. The van der Waals surface area contributed by atoms with Gasteiger partial charge in [0.2, 0.25) is 0 Å². The third kappa shape index (κ3) is 6.70. The molecule has 0 heterocycles. The molecule has 5 nitrogen and oxygen atoms in total. The molecule has 0 spiro atoms. The topological polar surface area (TPSA) is 59.6 Å². The first kappa shape index (κ1) is 21.4. The molecule has 0 saturated carbocycles. The summed E-state index contributed by atoms with van der Waals surface area (Å²) in [5, 5.41) is 5.89. The lowest BCUT2D eigenvalue weighted by Gasteiger charge is -2.15. The molecule has 0 atom stereocenters. The molecule has 2 N–H and O–H groups in total. The van der Waals surface area contributed by atoms with E-state index >= 15 is 0 Å². The van der Waals surface area contributed by atoms with Gasteiger partial charge in [-0.1, -0.05) is 44.2 Å². The highest BCUT2D eigenvalue weighted by Crippen LogP contribution is 2.24. The molecular formula is C22H26N2O3S. The van der Waals surface area contributed by atoms with E-state index in [9.17, 15) is 4.79 Å². The maximum Gasteiger partial charge on any atom is 0.261 e. The normalized spacial score (nSPS) is 10.1. The number of rotatable bonds is 9. The lowest BCUT2D eigenvalue weighted by atomic mass is 10.2. The molecule has 148 valence electrons. The summed E-state index contributed by atoms with van der Waals surface area (Å²) in [6.07, 6.45) is 1.95. The zero-order valence-electron chi connectivity index (χ0n) is 16.3. The van der Waals surface area contributed by atoms with E-state index in [2.05, 4.69) is 24.1 Å². The third-order valence-corrected chi connectivity index (χ3v) is 3.93. The lowest BCUT2D eigenvalue weighted by molar-refractivity contribution is 0.0973. The van der Waals surface area contributed by atoms with E-state index in [0.717, 1.165) is 18.4 Å². The van der Waals surface area contributed by atoms with E-state index in [-0.39, 0.29) is 11.0 Å². The molecule has 0 bridgehead atoms. The van der Waals surface area contributed by atoms with Crippen LogP contribution in [0.2, 0.25) is 0 Å². The molecule has 28 heavy (non-hydrogen) atoms. The number of carbonyl (C=O) groups excluding carboxylic acids is 1. The van der Waals surface area contributed by atoms with Crippen molar-refractivity contribution in [3.63, 3.8) is 0 Å². The number of anilines is 1. The Bertz CT molecular complexity index is 836. The van der Waals surface area contributed by atoms with E-state index in [4.69, 9.17) is 21.7 Å². The molecule has 2 rings (SSSR count). The van der Waals surface area contributed by atoms with Gasteiger partial charge in [-0.15, -0.1) is 0 Å². The smallest absolute Gasteiger partial charge is 0.261 e. The Morgan fingerprint density at radius 1 is 1.07 bits per heavy atom.